The fourth-order valence-electron chi connectivity index (χ4n) is 5.29. The van der Waals surface area contributed by atoms with Gasteiger partial charge in [-0.1, -0.05) is 18.9 Å². The van der Waals surface area contributed by atoms with Crippen molar-refractivity contribution in [1.82, 2.24) is 14.7 Å². The standard InChI is InChI=1S/C25H35N3O5/c1-32-21-8-7-18(15-22(21)33-2)9-10-28-17-20(16-23(28)29)25(31)27-13-11-26(12-14-27)24(30)19-5-3-4-6-19/h7-8,15,19-20H,3-6,9-14,16-17H2,1-2H3. The molecule has 8 nitrogen and oxygen atoms in total. The highest BCUT2D eigenvalue weighted by Gasteiger charge is 2.38. The van der Waals surface area contributed by atoms with Crippen molar-refractivity contribution in [3.63, 3.8) is 0 Å². The van der Waals surface area contributed by atoms with Crippen LogP contribution in [-0.2, 0) is 20.8 Å². The first kappa shape index (κ1) is 23.4. The van der Waals surface area contributed by atoms with Gasteiger partial charge in [0.05, 0.1) is 20.1 Å². The number of carbonyl (C=O) groups is 3. The van der Waals surface area contributed by atoms with Crippen LogP contribution in [0.2, 0.25) is 0 Å². The number of benzene rings is 1. The van der Waals surface area contributed by atoms with E-state index in [4.69, 9.17) is 9.47 Å². The van der Waals surface area contributed by atoms with Crippen molar-refractivity contribution < 1.29 is 23.9 Å². The summed E-state index contributed by atoms with van der Waals surface area (Å²) < 4.78 is 10.6. The lowest BCUT2D eigenvalue weighted by Crippen LogP contribution is -2.53. The molecule has 33 heavy (non-hydrogen) atoms. The summed E-state index contributed by atoms with van der Waals surface area (Å²) in [5.74, 6) is 1.57. The zero-order valence-electron chi connectivity index (χ0n) is 19.8. The van der Waals surface area contributed by atoms with Crippen LogP contribution in [0.1, 0.15) is 37.7 Å². The molecule has 3 aliphatic rings. The second kappa shape index (κ2) is 10.4. The second-order valence-electron chi connectivity index (χ2n) is 9.31. The van der Waals surface area contributed by atoms with E-state index in [-0.39, 0.29) is 36.0 Å². The summed E-state index contributed by atoms with van der Waals surface area (Å²) in [6.45, 7) is 3.37. The van der Waals surface area contributed by atoms with Gasteiger partial charge in [0.2, 0.25) is 17.7 Å². The smallest absolute Gasteiger partial charge is 0.228 e. The van der Waals surface area contributed by atoms with Gasteiger partial charge in [-0.25, -0.2) is 0 Å². The van der Waals surface area contributed by atoms with Crippen LogP contribution in [0.4, 0.5) is 0 Å². The van der Waals surface area contributed by atoms with Crippen molar-refractivity contribution in [3.8, 4) is 11.5 Å². The first-order chi connectivity index (χ1) is 16.0. The summed E-state index contributed by atoms with van der Waals surface area (Å²) in [5.41, 5.74) is 1.05. The lowest BCUT2D eigenvalue weighted by atomic mass is 10.0. The van der Waals surface area contributed by atoms with Gasteiger partial charge in [0, 0.05) is 51.6 Å². The van der Waals surface area contributed by atoms with E-state index >= 15 is 0 Å². The molecular weight excluding hydrogens is 422 g/mol. The van der Waals surface area contributed by atoms with Gasteiger partial charge in [-0.2, -0.15) is 0 Å². The zero-order chi connectivity index (χ0) is 23.4. The molecule has 2 saturated heterocycles. The lowest BCUT2D eigenvalue weighted by molar-refractivity contribution is -0.143. The predicted molar refractivity (Wildman–Crippen MR) is 123 cm³/mol. The van der Waals surface area contributed by atoms with E-state index in [1.54, 1.807) is 19.1 Å². The quantitative estimate of drug-likeness (QED) is 0.625. The number of nitrogens with zero attached hydrogens (tertiary/aromatic N) is 3. The van der Waals surface area contributed by atoms with Crippen LogP contribution in [0.3, 0.4) is 0 Å². The van der Waals surface area contributed by atoms with Crippen LogP contribution < -0.4 is 9.47 Å². The average molecular weight is 458 g/mol. The van der Waals surface area contributed by atoms with Gasteiger partial charge in [0.1, 0.15) is 0 Å². The third-order valence-electron chi connectivity index (χ3n) is 7.29. The third kappa shape index (κ3) is 5.25. The molecule has 8 heteroatoms. The van der Waals surface area contributed by atoms with Gasteiger partial charge < -0.3 is 24.2 Å². The van der Waals surface area contributed by atoms with E-state index in [0.29, 0.717) is 57.2 Å². The van der Waals surface area contributed by atoms with Crippen molar-refractivity contribution in [2.45, 2.75) is 38.5 Å². The molecule has 0 spiro atoms. The van der Waals surface area contributed by atoms with E-state index in [2.05, 4.69) is 0 Å². The fourth-order valence-corrected chi connectivity index (χ4v) is 5.29. The minimum Gasteiger partial charge on any atom is -0.493 e. The van der Waals surface area contributed by atoms with E-state index in [1.807, 2.05) is 28.0 Å². The molecular formula is C25H35N3O5. The Hall–Kier alpha value is -2.77. The number of rotatable bonds is 7. The van der Waals surface area contributed by atoms with E-state index in [1.165, 1.54) is 0 Å². The van der Waals surface area contributed by atoms with Crippen LogP contribution >= 0.6 is 0 Å². The van der Waals surface area contributed by atoms with Crippen molar-refractivity contribution in [3.05, 3.63) is 23.8 Å². The predicted octanol–water partition coefficient (Wildman–Crippen LogP) is 1.96. The highest BCUT2D eigenvalue weighted by molar-refractivity contribution is 5.89. The number of ether oxygens (including phenoxy) is 2. The molecule has 1 unspecified atom stereocenters. The van der Waals surface area contributed by atoms with Crippen LogP contribution in [0, 0.1) is 11.8 Å². The molecule has 0 bridgehead atoms. The molecule has 180 valence electrons. The Morgan fingerprint density at radius 1 is 0.909 bits per heavy atom. The van der Waals surface area contributed by atoms with Crippen LogP contribution in [0.15, 0.2) is 18.2 Å². The molecule has 4 rings (SSSR count). The fraction of sp³-hybridized carbons (Fsp3) is 0.640. The van der Waals surface area contributed by atoms with Crippen molar-refractivity contribution in [2.75, 3.05) is 53.5 Å². The lowest BCUT2D eigenvalue weighted by Gasteiger charge is -2.37. The Bertz CT molecular complexity index is 875. The summed E-state index contributed by atoms with van der Waals surface area (Å²) in [6, 6.07) is 5.76. The molecule has 2 aliphatic heterocycles. The summed E-state index contributed by atoms with van der Waals surface area (Å²) in [7, 11) is 3.21. The molecule has 1 aromatic carbocycles. The summed E-state index contributed by atoms with van der Waals surface area (Å²) in [5, 5.41) is 0. The average Bonchev–Trinajstić information content (AvgIpc) is 3.52. The molecule has 1 atom stereocenters. The van der Waals surface area contributed by atoms with Crippen molar-refractivity contribution >= 4 is 17.7 Å². The first-order valence-electron chi connectivity index (χ1n) is 12.1. The highest BCUT2D eigenvalue weighted by atomic mass is 16.5. The van der Waals surface area contributed by atoms with Crippen LogP contribution in [0.5, 0.6) is 11.5 Å². The molecule has 1 aliphatic carbocycles. The number of methoxy groups -OCH3 is 2. The topological polar surface area (TPSA) is 79.4 Å². The van der Waals surface area contributed by atoms with Gasteiger partial charge in [-0.05, 0) is 37.0 Å². The summed E-state index contributed by atoms with van der Waals surface area (Å²) in [4.78, 5) is 43.8. The van der Waals surface area contributed by atoms with Gasteiger partial charge in [0.25, 0.3) is 0 Å². The molecule has 0 aromatic heterocycles. The highest BCUT2D eigenvalue weighted by Crippen LogP contribution is 2.29. The number of piperazine rings is 1. The SMILES string of the molecule is COc1ccc(CCN2CC(C(=O)N3CCN(C(=O)C4CCCC4)CC3)CC2=O)cc1OC. The Morgan fingerprint density at radius 2 is 1.52 bits per heavy atom. The third-order valence-corrected chi connectivity index (χ3v) is 7.29. The van der Waals surface area contributed by atoms with Gasteiger partial charge >= 0.3 is 0 Å². The molecule has 1 saturated carbocycles. The van der Waals surface area contributed by atoms with Crippen molar-refractivity contribution in [1.29, 1.82) is 0 Å². The maximum Gasteiger partial charge on any atom is 0.228 e. The Kier molecular flexibility index (Phi) is 7.40. The maximum absolute atomic E-state index is 13.1. The van der Waals surface area contributed by atoms with Gasteiger partial charge in [0.15, 0.2) is 11.5 Å². The normalized spacial score (nSPS) is 21.6. The largest absolute Gasteiger partial charge is 0.493 e. The van der Waals surface area contributed by atoms with Gasteiger partial charge in [-0.3, -0.25) is 14.4 Å². The van der Waals surface area contributed by atoms with Crippen LogP contribution in [-0.4, -0.2) is 85.9 Å². The van der Waals surface area contributed by atoms with E-state index in [9.17, 15) is 14.4 Å². The summed E-state index contributed by atoms with van der Waals surface area (Å²) >= 11 is 0. The number of likely N-dealkylation sites (tertiary alicyclic amines) is 1. The number of carbonyl (C=O) groups excluding carboxylic acids is 3. The maximum atomic E-state index is 13.1. The molecule has 1 aromatic rings. The first-order valence-corrected chi connectivity index (χ1v) is 12.1. The number of hydrogen-bond donors (Lipinski definition) is 0. The number of hydrogen-bond acceptors (Lipinski definition) is 5. The Balaban J connectivity index is 1.26. The van der Waals surface area contributed by atoms with Gasteiger partial charge in [-0.15, -0.1) is 0 Å². The summed E-state index contributed by atoms with van der Waals surface area (Å²) in [6.07, 6.45) is 5.25. The van der Waals surface area contributed by atoms with Crippen molar-refractivity contribution in [2.24, 2.45) is 11.8 Å². The van der Waals surface area contributed by atoms with E-state index < -0.39 is 0 Å². The molecule has 3 fully saturated rings. The molecule has 0 radical (unpaired) electrons. The monoisotopic (exact) mass is 457 g/mol. The molecule has 3 amide bonds. The minimum atomic E-state index is -0.292. The van der Waals surface area contributed by atoms with E-state index in [0.717, 1.165) is 31.2 Å². The second-order valence-corrected chi connectivity index (χ2v) is 9.31. The Morgan fingerprint density at radius 3 is 2.12 bits per heavy atom. The Labute approximate surface area is 195 Å². The number of amides is 3. The molecule has 0 N–H and O–H groups in total. The van der Waals surface area contributed by atoms with Crippen LogP contribution in [0.25, 0.3) is 0 Å². The zero-order valence-corrected chi connectivity index (χ0v) is 19.8. The molecule has 2 heterocycles. The minimum absolute atomic E-state index is 0.0314.